The fourth-order valence-corrected chi connectivity index (χ4v) is 1.89. The Morgan fingerprint density at radius 2 is 2.56 bits per heavy atom. The van der Waals surface area contributed by atoms with Crippen LogP contribution in [0.3, 0.4) is 0 Å². The van der Waals surface area contributed by atoms with Crippen molar-refractivity contribution in [3.63, 3.8) is 0 Å². The minimum Gasteiger partial charge on any atom is -0.376 e. The van der Waals surface area contributed by atoms with Crippen LogP contribution >= 0.6 is 0 Å². The van der Waals surface area contributed by atoms with Gasteiger partial charge in [0.05, 0.1) is 19.2 Å². The molecule has 100 valence electrons. The van der Waals surface area contributed by atoms with E-state index < -0.39 is 0 Å². The fourth-order valence-electron chi connectivity index (χ4n) is 1.89. The Bertz CT molecular complexity index is 362. The van der Waals surface area contributed by atoms with Gasteiger partial charge < -0.3 is 14.6 Å². The second kappa shape index (κ2) is 6.46. The molecule has 0 aromatic carbocycles. The van der Waals surface area contributed by atoms with Crippen molar-refractivity contribution >= 4 is 5.91 Å². The molecule has 0 saturated carbocycles. The number of likely N-dealkylation sites (N-methyl/N-ethyl adjacent to an activating group) is 1. The summed E-state index contributed by atoms with van der Waals surface area (Å²) in [5.41, 5.74) is 0. The second-order valence-corrected chi connectivity index (χ2v) is 4.46. The number of carbonyl (C=O) groups is 1. The molecule has 1 N–H and O–H groups in total. The first-order valence-corrected chi connectivity index (χ1v) is 6.06. The van der Waals surface area contributed by atoms with E-state index in [1.807, 2.05) is 11.9 Å². The van der Waals surface area contributed by atoms with Gasteiger partial charge in [-0.1, -0.05) is 5.16 Å². The molecule has 1 aromatic rings. The highest BCUT2D eigenvalue weighted by Crippen LogP contribution is 2.10. The first-order chi connectivity index (χ1) is 8.74. The summed E-state index contributed by atoms with van der Waals surface area (Å²) in [5, 5.41) is 6.56. The Kier molecular flexibility index (Phi) is 4.66. The number of ether oxygens (including phenoxy) is 1. The van der Waals surface area contributed by atoms with Gasteiger partial charge >= 0.3 is 0 Å². The zero-order valence-corrected chi connectivity index (χ0v) is 10.5. The maximum Gasteiger partial charge on any atom is 0.234 e. The van der Waals surface area contributed by atoms with E-state index in [2.05, 4.69) is 20.0 Å². The highest BCUT2D eigenvalue weighted by atomic mass is 16.5. The lowest BCUT2D eigenvalue weighted by molar-refractivity contribution is -0.122. The normalized spacial score (nSPS) is 19.3. The van der Waals surface area contributed by atoms with Gasteiger partial charge in [0.1, 0.15) is 0 Å². The number of hydrogen-bond donors (Lipinski definition) is 1. The van der Waals surface area contributed by atoms with E-state index >= 15 is 0 Å². The number of hydrogen-bond acceptors (Lipinski definition) is 6. The summed E-state index contributed by atoms with van der Waals surface area (Å²) in [4.78, 5) is 17.4. The first-order valence-electron chi connectivity index (χ1n) is 6.06. The maximum absolute atomic E-state index is 11.7. The Morgan fingerprint density at radius 1 is 1.67 bits per heavy atom. The highest BCUT2D eigenvalue weighted by Gasteiger charge is 2.16. The van der Waals surface area contributed by atoms with Crippen molar-refractivity contribution in [1.29, 1.82) is 0 Å². The molecule has 18 heavy (non-hydrogen) atoms. The van der Waals surface area contributed by atoms with Crippen molar-refractivity contribution in [3.05, 3.63) is 12.2 Å². The van der Waals surface area contributed by atoms with Crippen LogP contribution in [0.2, 0.25) is 0 Å². The quantitative estimate of drug-likeness (QED) is 0.757. The van der Waals surface area contributed by atoms with Crippen LogP contribution in [0.1, 0.15) is 18.7 Å². The molecule has 2 heterocycles. The zero-order valence-electron chi connectivity index (χ0n) is 10.5. The molecule has 0 bridgehead atoms. The van der Waals surface area contributed by atoms with Gasteiger partial charge in [0, 0.05) is 13.2 Å². The minimum atomic E-state index is -0.0171. The number of aromatic nitrogens is 2. The summed E-state index contributed by atoms with van der Waals surface area (Å²) in [5.74, 6) is 0.556. The van der Waals surface area contributed by atoms with Crippen LogP contribution in [0.25, 0.3) is 0 Å². The van der Waals surface area contributed by atoms with Crippen LogP contribution in [0.5, 0.6) is 0 Å². The van der Waals surface area contributed by atoms with E-state index in [1.165, 1.54) is 6.39 Å². The number of nitrogens with one attached hydrogen (secondary N) is 1. The summed E-state index contributed by atoms with van der Waals surface area (Å²) in [6, 6.07) is 0. The molecule has 1 aliphatic rings. The third-order valence-electron chi connectivity index (χ3n) is 2.78. The van der Waals surface area contributed by atoms with E-state index in [0.29, 0.717) is 25.5 Å². The van der Waals surface area contributed by atoms with Gasteiger partial charge in [0.15, 0.2) is 5.82 Å². The van der Waals surface area contributed by atoms with Crippen LogP contribution in [-0.4, -0.2) is 53.8 Å². The average molecular weight is 254 g/mol. The fraction of sp³-hybridized carbons (Fsp3) is 0.727. The van der Waals surface area contributed by atoms with Gasteiger partial charge in [-0.15, -0.1) is 0 Å². The first kappa shape index (κ1) is 13.0. The van der Waals surface area contributed by atoms with E-state index in [-0.39, 0.29) is 12.0 Å². The Morgan fingerprint density at radius 3 is 3.22 bits per heavy atom. The largest absolute Gasteiger partial charge is 0.376 e. The molecular formula is C11H18N4O3. The van der Waals surface area contributed by atoms with Crippen molar-refractivity contribution in [2.75, 3.05) is 26.7 Å². The number of carbonyl (C=O) groups excluding carboxylic acids is 1. The molecule has 1 unspecified atom stereocenters. The third kappa shape index (κ3) is 4.08. The number of amides is 1. The minimum absolute atomic E-state index is 0.0171. The maximum atomic E-state index is 11.7. The molecule has 0 aliphatic carbocycles. The molecule has 0 radical (unpaired) electrons. The van der Waals surface area contributed by atoms with Crippen molar-refractivity contribution < 1.29 is 14.1 Å². The summed E-state index contributed by atoms with van der Waals surface area (Å²) in [6.07, 6.45) is 3.56. The van der Waals surface area contributed by atoms with Gasteiger partial charge in [0.2, 0.25) is 12.3 Å². The van der Waals surface area contributed by atoms with E-state index in [0.717, 1.165) is 19.4 Å². The molecule has 7 heteroatoms. The lowest BCUT2D eigenvalue weighted by atomic mass is 10.2. The molecular weight excluding hydrogens is 236 g/mol. The second-order valence-electron chi connectivity index (χ2n) is 4.46. The van der Waals surface area contributed by atoms with Gasteiger partial charge in [-0.2, -0.15) is 4.98 Å². The van der Waals surface area contributed by atoms with Crippen LogP contribution in [0.4, 0.5) is 0 Å². The molecule has 1 aromatic heterocycles. The Hall–Kier alpha value is -1.47. The standard InChI is InChI=1S/C11H18N4O3/c1-15(6-10-13-8-18-14-10)7-11(16)12-5-9-3-2-4-17-9/h8-9H,2-7H2,1H3,(H,12,16). The Labute approximate surface area is 105 Å². The summed E-state index contributed by atoms with van der Waals surface area (Å²) in [6.45, 7) is 2.19. The zero-order chi connectivity index (χ0) is 12.8. The molecule has 1 aliphatic heterocycles. The van der Waals surface area contributed by atoms with Gasteiger partial charge in [-0.3, -0.25) is 9.69 Å². The molecule has 1 saturated heterocycles. The molecule has 7 nitrogen and oxygen atoms in total. The summed E-state index contributed by atoms with van der Waals surface area (Å²) < 4.78 is 10.1. The number of rotatable bonds is 6. The molecule has 0 spiro atoms. The smallest absolute Gasteiger partial charge is 0.234 e. The summed E-state index contributed by atoms with van der Waals surface area (Å²) in [7, 11) is 1.84. The number of nitrogens with zero attached hydrogens (tertiary/aromatic N) is 3. The van der Waals surface area contributed by atoms with Crippen molar-refractivity contribution in [2.45, 2.75) is 25.5 Å². The molecule has 1 fully saturated rings. The van der Waals surface area contributed by atoms with Crippen LogP contribution in [0, 0.1) is 0 Å². The molecule has 1 amide bonds. The molecule has 2 rings (SSSR count). The summed E-state index contributed by atoms with van der Waals surface area (Å²) >= 11 is 0. The lowest BCUT2D eigenvalue weighted by Gasteiger charge is -2.15. The SMILES string of the molecule is CN(CC(=O)NCC1CCCO1)Cc1ncon1. The van der Waals surface area contributed by atoms with E-state index in [1.54, 1.807) is 0 Å². The third-order valence-corrected chi connectivity index (χ3v) is 2.78. The highest BCUT2D eigenvalue weighted by molar-refractivity contribution is 5.77. The van der Waals surface area contributed by atoms with Crippen LogP contribution < -0.4 is 5.32 Å². The van der Waals surface area contributed by atoms with E-state index in [9.17, 15) is 4.79 Å². The van der Waals surface area contributed by atoms with Gasteiger partial charge in [-0.05, 0) is 19.9 Å². The lowest BCUT2D eigenvalue weighted by Crippen LogP contribution is -2.38. The van der Waals surface area contributed by atoms with Crippen molar-refractivity contribution in [1.82, 2.24) is 20.4 Å². The van der Waals surface area contributed by atoms with Crippen LogP contribution in [-0.2, 0) is 16.1 Å². The van der Waals surface area contributed by atoms with Crippen molar-refractivity contribution in [2.24, 2.45) is 0 Å². The predicted octanol–water partition coefficient (Wildman–Crippen LogP) is -0.203. The predicted molar refractivity (Wildman–Crippen MR) is 62.6 cm³/mol. The topological polar surface area (TPSA) is 80.5 Å². The Balaban J connectivity index is 1.63. The molecule has 1 atom stereocenters. The average Bonchev–Trinajstić information content (AvgIpc) is 2.98. The van der Waals surface area contributed by atoms with Gasteiger partial charge in [-0.25, -0.2) is 0 Å². The monoisotopic (exact) mass is 254 g/mol. The van der Waals surface area contributed by atoms with Crippen molar-refractivity contribution in [3.8, 4) is 0 Å². The van der Waals surface area contributed by atoms with Crippen LogP contribution in [0.15, 0.2) is 10.9 Å². The van der Waals surface area contributed by atoms with Gasteiger partial charge in [0.25, 0.3) is 0 Å². The van der Waals surface area contributed by atoms with E-state index in [4.69, 9.17) is 4.74 Å².